The molecule has 0 spiro atoms. The molecule has 0 unspecified atom stereocenters. The predicted molar refractivity (Wildman–Crippen MR) is 201 cm³/mol. The third-order valence-electron chi connectivity index (χ3n) is 10.4. The second-order valence-corrected chi connectivity index (χ2v) is 13.0. The molecule has 0 radical (unpaired) electrons. The maximum Gasteiger partial charge on any atom is 0.165 e. The number of benzene rings is 7. The zero-order valence-electron chi connectivity index (χ0n) is 26.1. The van der Waals surface area contributed by atoms with E-state index in [1.54, 1.807) is 0 Å². The molecule has 226 valence electrons. The highest BCUT2D eigenvalue weighted by Crippen LogP contribution is 2.46. The summed E-state index contributed by atoms with van der Waals surface area (Å²) in [7, 11) is 0. The van der Waals surface area contributed by atoms with Crippen molar-refractivity contribution in [3.8, 4) is 16.8 Å². The summed E-state index contributed by atoms with van der Waals surface area (Å²) in [5.74, 6) is 0. The van der Waals surface area contributed by atoms with Crippen LogP contribution in [0.15, 0.2) is 150 Å². The van der Waals surface area contributed by atoms with Crippen molar-refractivity contribution >= 4 is 93.1 Å². The van der Waals surface area contributed by atoms with E-state index in [0.717, 1.165) is 66.2 Å². The van der Waals surface area contributed by atoms with Gasteiger partial charge in [0.2, 0.25) is 0 Å². The quantitative estimate of drug-likeness (QED) is 0.192. The average molecular weight is 625 g/mol. The Kier molecular flexibility index (Phi) is 4.66. The van der Waals surface area contributed by atoms with E-state index in [9.17, 15) is 0 Å². The van der Waals surface area contributed by atoms with Crippen LogP contribution in [-0.2, 0) is 0 Å². The Balaban J connectivity index is 1.19. The van der Waals surface area contributed by atoms with E-state index in [4.69, 9.17) is 14.4 Å². The van der Waals surface area contributed by atoms with E-state index in [0.29, 0.717) is 0 Å². The fraction of sp³-hybridized carbons (Fsp3) is 0. The predicted octanol–water partition coefficient (Wildman–Crippen LogP) is 11.4. The lowest BCUT2D eigenvalue weighted by Gasteiger charge is -2.08. The van der Waals surface area contributed by atoms with Gasteiger partial charge in [-0.1, -0.05) is 78.9 Å². The summed E-state index contributed by atoms with van der Waals surface area (Å²) < 4.78 is 11.2. The van der Waals surface area contributed by atoms with Crippen LogP contribution in [0.25, 0.3) is 110 Å². The summed E-state index contributed by atoms with van der Waals surface area (Å²) in [6.07, 6.45) is 0. The van der Waals surface area contributed by atoms with Gasteiger partial charge in [0.25, 0.3) is 0 Å². The van der Waals surface area contributed by atoms with Crippen molar-refractivity contribution in [1.82, 2.24) is 18.9 Å². The number of hydrogen-bond acceptors (Lipinski definition) is 3. The lowest BCUT2D eigenvalue weighted by atomic mass is 9.98. The van der Waals surface area contributed by atoms with E-state index in [-0.39, 0.29) is 0 Å². The van der Waals surface area contributed by atoms with E-state index in [2.05, 4.69) is 124 Å². The number of nitrogens with zero attached hydrogens (tertiary/aromatic N) is 4. The first-order valence-electron chi connectivity index (χ1n) is 16.6. The Hall–Kier alpha value is -6.72. The molecule has 0 amide bonds. The van der Waals surface area contributed by atoms with Crippen molar-refractivity contribution < 1.29 is 4.42 Å². The Morgan fingerprint density at radius 1 is 0.449 bits per heavy atom. The maximum atomic E-state index is 6.53. The minimum absolute atomic E-state index is 0.867. The summed E-state index contributed by atoms with van der Waals surface area (Å²) in [4.78, 5) is 10.3. The average Bonchev–Trinajstić information content (AvgIpc) is 3.88. The zero-order chi connectivity index (χ0) is 31.8. The first-order valence-corrected chi connectivity index (χ1v) is 16.6. The summed E-state index contributed by atoms with van der Waals surface area (Å²) >= 11 is 0. The molecule has 0 aliphatic carbocycles. The van der Waals surface area contributed by atoms with Gasteiger partial charge in [0.05, 0.1) is 33.1 Å². The highest BCUT2D eigenvalue weighted by atomic mass is 16.3. The Morgan fingerprint density at radius 3 is 1.98 bits per heavy atom. The van der Waals surface area contributed by atoms with Gasteiger partial charge >= 0.3 is 0 Å². The van der Waals surface area contributed by atoms with Crippen LogP contribution in [0.4, 0.5) is 0 Å². The first kappa shape index (κ1) is 25.4. The Morgan fingerprint density at radius 2 is 1.12 bits per heavy atom. The van der Waals surface area contributed by atoms with Crippen LogP contribution in [0.5, 0.6) is 0 Å². The van der Waals surface area contributed by atoms with Gasteiger partial charge in [-0.3, -0.25) is 4.40 Å². The van der Waals surface area contributed by atoms with Gasteiger partial charge in [0, 0.05) is 43.4 Å². The Bertz CT molecular complexity index is 3330. The molecule has 5 nitrogen and oxygen atoms in total. The van der Waals surface area contributed by atoms with Crippen LogP contribution < -0.4 is 0 Å². The van der Waals surface area contributed by atoms with E-state index in [1.807, 2.05) is 30.3 Å². The summed E-state index contributed by atoms with van der Waals surface area (Å²) in [6.45, 7) is 0. The number of furan rings is 1. The lowest BCUT2D eigenvalue weighted by molar-refractivity contribution is 0.669. The summed E-state index contributed by atoms with van der Waals surface area (Å²) in [6, 6.07) is 51.7. The fourth-order valence-electron chi connectivity index (χ4n) is 8.34. The number of fused-ring (bicyclic) bond motifs is 14. The number of rotatable bonds is 2. The monoisotopic (exact) mass is 624 g/mol. The molecule has 0 aliphatic rings. The number of hydrogen-bond donors (Lipinski definition) is 0. The lowest BCUT2D eigenvalue weighted by Crippen LogP contribution is -1.92. The van der Waals surface area contributed by atoms with Crippen molar-refractivity contribution in [1.29, 1.82) is 0 Å². The highest BCUT2D eigenvalue weighted by Gasteiger charge is 2.25. The smallest absolute Gasteiger partial charge is 0.165 e. The number of aromatic nitrogens is 4. The molecular weight excluding hydrogens is 601 g/mol. The third kappa shape index (κ3) is 3.24. The normalized spacial score (nSPS) is 12.5. The van der Waals surface area contributed by atoms with Crippen LogP contribution in [0.2, 0.25) is 0 Å². The summed E-state index contributed by atoms with van der Waals surface area (Å²) in [5.41, 5.74) is 13.5. The second kappa shape index (κ2) is 9.00. The SMILES string of the molecule is c1ccc(-n2c3ccccc3c3cc(-c4ccc5c(c4)c4c6c(cc7c8nc9ccccc9nc8n5c74)oc4ccccc46)ccc32)cc1. The molecule has 0 atom stereocenters. The molecule has 5 heteroatoms. The number of para-hydroxylation sites is 5. The molecule has 12 rings (SSSR count). The van der Waals surface area contributed by atoms with E-state index >= 15 is 0 Å². The molecule has 0 aliphatic heterocycles. The van der Waals surface area contributed by atoms with Crippen LogP contribution >= 0.6 is 0 Å². The third-order valence-corrected chi connectivity index (χ3v) is 10.4. The van der Waals surface area contributed by atoms with Crippen LogP contribution in [0.1, 0.15) is 0 Å². The minimum Gasteiger partial charge on any atom is -0.456 e. The molecule has 0 saturated carbocycles. The van der Waals surface area contributed by atoms with Crippen molar-refractivity contribution in [3.63, 3.8) is 0 Å². The molecule has 0 N–H and O–H groups in total. The van der Waals surface area contributed by atoms with Gasteiger partial charge in [0.1, 0.15) is 16.7 Å². The highest BCUT2D eigenvalue weighted by molar-refractivity contribution is 6.34. The molecule has 5 aromatic heterocycles. The molecular formula is C44H24N4O. The van der Waals surface area contributed by atoms with E-state index in [1.165, 1.54) is 43.7 Å². The molecule has 5 heterocycles. The molecule has 7 aromatic carbocycles. The van der Waals surface area contributed by atoms with Gasteiger partial charge in [-0.25, -0.2) is 9.97 Å². The van der Waals surface area contributed by atoms with Crippen LogP contribution in [0.3, 0.4) is 0 Å². The summed E-state index contributed by atoms with van der Waals surface area (Å²) in [5, 5.41) is 8.15. The minimum atomic E-state index is 0.867. The topological polar surface area (TPSA) is 48.3 Å². The van der Waals surface area contributed by atoms with E-state index < -0.39 is 0 Å². The van der Waals surface area contributed by atoms with Crippen LogP contribution in [-0.4, -0.2) is 18.9 Å². The van der Waals surface area contributed by atoms with Crippen molar-refractivity contribution in [2.75, 3.05) is 0 Å². The van der Waals surface area contributed by atoms with Gasteiger partial charge in [-0.05, 0) is 77.9 Å². The van der Waals surface area contributed by atoms with Crippen molar-refractivity contribution in [2.24, 2.45) is 0 Å². The molecule has 49 heavy (non-hydrogen) atoms. The van der Waals surface area contributed by atoms with Gasteiger partial charge in [0.15, 0.2) is 5.65 Å². The standard InChI is InChI=1S/C44H24N4O/c1-2-10-27(11-3-1)47-35-16-8-4-12-28(35)30-22-25(18-20-36(30)47)26-19-21-37-31(23-26)41-40-29-13-5-9-17-38(29)49-39(40)24-32-42-44(48(37)43(32)41)46-34-15-7-6-14-33(34)45-42/h1-24H. The molecule has 0 bridgehead atoms. The molecule has 0 saturated heterocycles. The zero-order valence-corrected chi connectivity index (χ0v) is 26.1. The molecule has 12 aromatic rings. The molecule has 0 fully saturated rings. The Labute approximate surface area is 278 Å². The van der Waals surface area contributed by atoms with Gasteiger partial charge in [-0.15, -0.1) is 0 Å². The van der Waals surface area contributed by atoms with Crippen LogP contribution in [0, 0.1) is 0 Å². The van der Waals surface area contributed by atoms with Crippen molar-refractivity contribution in [3.05, 3.63) is 146 Å². The maximum absolute atomic E-state index is 6.53. The first-order chi connectivity index (χ1) is 24.3. The second-order valence-electron chi connectivity index (χ2n) is 13.0. The van der Waals surface area contributed by atoms with Gasteiger partial charge < -0.3 is 8.98 Å². The van der Waals surface area contributed by atoms with Crippen molar-refractivity contribution in [2.45, 2.75) is 0 Å². The van der Waals surface area contributed by atoms with Gasteiger partial charge in [-0.2, -0.15) is 0 Å². The largest absolute Gasteiger partial charge is 0.456 e. The fourth-order valence-corrected chi connectivity index (χ4v) is 8.34.